The van der Waals surface area contributed by atoms with Crippen LogP contribution < -0.4 is 5.73 Å². The van der Waals surface area contributed by atoms with E-state index in [2.05, 4.69) is 49.4 Å². The Labute approximate surface area is 116 Å². The van der Waals surface area contributed by atoms with E-state index < -0.39 is 0 Å². The molecule has 0 amide bonds. The van der Waals surface area contributed by atoms with Crippen molar-refractivity contribution in [3.05, 3.63) is 53.6 Å². The summed E-state index contributed by atoms with van der Waals surface area (Å²) < 4.78 is 1.24. The number of aryl methyl sites for hydroxylation is 1. The molecular formula is C16H16N2S. The highest BCUT2D eigenvalue weighted by Crippen LogP contribution is 2.30. The molecule has 0 radical (unpaired) electrons. The zero-order valence-corrected chi connectivity index (χ0v) is 11.7. The lowest BCUT2D eigenvalue weighted by molar-refractivity contribution is 0.969. The Morgan fingerprint density at radius 3 is 2.63 bits per heavy atom. The highest BCUT2D eigenvalue weighted by atomic mass is 32.1. The van der Waals surface area contributed by atoms with E-state index in [4.69, 9.17) is 10.7 Å². The maximum Gasteiger partial charge on any atom is 0.124 e. The summed E-state index contributed by atoms with van der Waals surface area (Å²) >= 11 is 1.74. The molecule has 3 heteroatoms. The highest BCUT2D eigenvalue weighted by molar-refractivity contribution is 7.21. The molecule has 2 N–H and O–H groups in total. The summed E-state index contributed by atoms with van der Waals surface area (Å²) in [6.07, 6.45) is 0.930. The fourth-order valence-corrected chi connectivity index (χ4v) is 3.09. The van der Waals surface area contributed by atoms with Crippen molar-refractivity contribution in [2.75, 3.05) is 6.54 Å². The number of nitrogens with zero attached hydrogens (tertiary/aromatic N) is 1. The molecule has 3 aromatic rings. The van der Waals surface area contributed by atoms with Crippen molar-refractivity contribution in [3.8, 4) is 10.6 Å². The lowest BCUT2D eigenvalue weighted by Crippen LogP contribution is -2.02. The van der Waals surface area contributed by atoms with Gasteiger partial charge in [-0.25, -0.2) is 4.98 Å². The van der Waals surface area contributed by atoms with Gasteiger partial charge >= 0.3 is 0 Å². The third-order valence-corrected chi connectivity index (χ3v) is 4.26. The van der Waals surface area contributed by atoms with E-state index in [0.29, 0.717) is 6.54 Å². The zero-order chi connectivity index (χ0) is 13.2. The SMILES string of the molecule is Cc1ccc2sc(-c3ccc(CCN)cc3)nc2c1. The van der Waals surface area contributed by atoms with Crippen LogP contribution in [-0.4, -0.2) is 11.5 Å². The third kappa shape index (κ3) is 2.53. The van der Waals surface area contributed by atoms with Crippen LogP contribution in [-0.2, 0) is 6.42 Å². The number of hydrogen-bond donors (Lipinski definition) is 1. The minimum absolute atomic E-state index is 0.694. The predicted octanol–water partition coefficient (Wildman–Crippen LogP) is 3.77. The van der Waals surface area contributed by atoms with Crippen LogP contribution in [0.3, 0.4) is 0 Å². The summed E-state index contributed by atoms with van der Waals surface area (Å²) in [6.45, 7) is 2.79. The fraction of sp³-hybridized carbons (Fsp3) is 0.188. The summed E-state index contributed by atoms with van der Waals surface area (Å²) in [5, 5.41) is 1.08. The van der Waals surface area contributed by atoms with Gasteiger partial charge in [-0.3, -0.25) is 0 Å². The second-order valence-electron chi connectivity index (χ2n) is 4.73. The van der Waals surface area contributed by atoms with Crippen molar-refractivity contribution >= 4 is 21.6 Å². The first-order valence-electron chi connectivity index (χ1n) is 6.43. The molecule has 0 bridgehead atoms. The number of thiazole rings is 1. The van der Waals surface area contributed by atoms with Gasteiger partial charge in [-0.15, -0.1) is 11.3 Å². The summed E-state index contributed by atoms with van der Waals surface area (Å²) in [5.74, 6) is 0. The lowest BCUT2D eigenvalue weighted by Gasteiger charge is -2.00. The maximum atomic E-state index is 5.56. The van der Waals surface area contributed by atoms with E-state index in [0.717, 1.165) is 16.9 Å². The average Bonchev–Trinajstić information content (AvgIpc) is 2.83. The maximum absolute atomic E-state index is 5.56. The molecule has 0 aliphatic carbocycles. The van der Waals surface area contributed by atoms with Gasteiger partial charge in [0.25, 0.3) is 0 Å². The smallest absolute Gasteiger partial charge is 0.124 e. The van der Waals surface area contributed by atoms with E-state index in [1.54, 1.807) is 11.3 Å². The molecule has 0 saturated carbocycles. The van der Waals surface area contributed by atoms with Crippen LogP contribution >= 0.6 is 11.3 Å². The highest BCUT2D eigenvalue weighted by Gasteiger charge is 2.06. The Hall–Kier alpha value is -1.71. The quantitative estimate of drug-likeness (QED) is 0.785. The molecule has 0 spiro atoms. The average molecular weight is 268 g/mol. The first kappa shape index (κ1) is 12.3. The van der Waals surface area contributed by atoms with Crippen LogP contribution in [0.5, 0.6) is 0 Å². The number of hydrogen-bond acceptors (Lipinski definition) is 3. The topological polar surface area (TPSA) is 38.9 Å². The molecule has 1 aromatic heterocycles. The molecule has 0 unspecified atom stereocenters. The van der Waals surface area contributed by atoms with Gasteiger partial charge < -0.3 is 5.73 Å². The summed E-state index contributed by atoms with van der Waals surface area (Å²) in [6, 6.07) is 15.0. The van der Waals surface area contributed by atoms with E-state index in [-0.39, 0.29) is 0 Å². The third-order valence-electron chi connectivity index (χ3n) is 3.18. The second kappa shape index (κ2) is 5.11. The van der Waals surface area contributed by atoms with Gasteiger partial charge in [0.05, 0.1) is 10.2 Å². The molecule has 1 heterocycles. The number of nitrogens with two attached hydrogens (primary N) is 1. The zero-order valence-electron chi connectivity index (χ0n) is 10.9. The van der Waals surface area contributed by atoms with Crippen LogP contribution in [0.15, 0.2) is 42.5 Å². The second-order valence-corrected chi connectivity index (χ2v) is 5.76. The molecule has 2 nitrogen and oxygen atoms in total. The van der Waals surface area contributed by atoms with Crippen LogP contribution in [0.4, 0.5) is 0 Å². The van der Waals surface area contributed by atoms with Gasteiger partial charge in [0.2, 0.25) is 0 Å². The van der Waals surface area contributed by atoms with Gasteiger partial charge in [0.1, 0.15) is 5.01 Å². The van der Waals surface area contributed by atoms with E-state index in [9.17, 15) is 0 Å². The molecule has 2 aromatic carbocycles. The normalized spacial score (nSPS) is 11.1. The molecule has 96 valence electrons. The molecule has 19 heavy (non-hydrogen) atoms. The first-order chi connectivity index (χ1) is 9.26. The molecule has 0 saturated heterocycles. The van der Waals surface area contributed by atoms with Gasteiger partial charge in [0.15, 0.2) is 0 Å². The lowest BCUT2D eigenvalue weighted by atomic mass is 10.1. The van der Waals surface area contributed by atoms with Gasteiger partial charge in [-0.05, 0) is 43.1 Å². The summed E-state index contributed by atoms with van der Waals surface area (Å²) in [7, 11) is 0. The van der Waals surface area contributed by atoms with Crippen molar-refractivity contribution < 1.29 is 0 Å². The van der Waals surface area contributed by atoms with Crippen molar-refractivity contribution in [1.29, 1.82) is 0 Å². The van der Waals surface area contributed by atoms with E-state index in [1.807, 2.05) is 0 Å². The van der Waals surface area contributed by atoms with Crippen molar-refractivity contribution in [1.82, 2.24) is 4.98 Å². The molecule has 0 aliphatic heterocycles. The summed E-state index contributed by atoms with van der Waals surface area (Å²) in [4.78, 5) is 4.71. The fourth-order valence-electron chi connectivity index (χ4n) is 2.14. The predicted molar refractivity (Wildman–Crippen MR) is 82.6 cm³/mol. The van der Waals surface area contributed by atoms with E-state index >= 15 is 0 Å². The van der Waals surface area contributed by atoms with Crippen LogP contribution in [0.1, 0.15) is 11.1 Å². The Morgan fingerprint density at radius 2 is 1.89 bits per heavy atom. The minimum atomic E-state index is 0.694. The Kier molecular flexibility index (Phi) is 3.32. The Morgan fingerprint density at radius 1 is 1.11 bits per heavy atom. The standard InChI is InChI=1S/C16H16N2S/c1-11-2-7-15-14(10-11)18-16(19-15)13-5-3-12(4-6-13)8-9-17/h2-7,10H,8-9,17H2,1H3. The Balaban J connectivity index is 1.99. The van der Waals surface area contributed by atoms with Crippen LogP contribution in [0.25, 0.3) is 20.8 Å². The van der Waals surface area contributed by atoms with Gasteiger partial charge in [-0.1, -0.05) is 30.3 Å². The number of rotatable bonds is 3. The molecule has 0 fully saturated rings. The van der Waals surface area contributed by atoms with Crippen molar-refractivity contribution in [3.63, 3.8) is 0 Å². The number of fused-ring (bicyclic) bond motifs is 1. The Bertz CT molecular complexity index is 698. The van der Waals surface area contributed by atoms with Crippen molar-refractivity contribution in [2.24, 2.45) is 5.73 Å². The van der Waals surface area contributed by atoms with Crippen LogP contribution in [0, 0.1) is 6.92 Å². The molecule has 0 aliphatic rings. The monoisotopic (exact) mass is 268 g/mol. The van der Waals surface area contributed by atoms with Crippen molar-refractivity contribution in [2.45, 2.75) is 13.3 Å². The minimum Gasteiger partial charge on any atom is -0.330 e. The number of aromatic nitrogens is 1. The molecule has 3 rings (SSSR count). The molecule has 0 atom stereocenters. The van der Waals surface area contributed by atoms with Gasteiger partial charge in [0, 0.05) is 5.56 Å². The van der Waals surface area contributed by atoms with Gasteiger partial charge in [-0.2, -0.15) is 0 Å². The largest absolute Gasteiger partial charge is 0.330 e. The van der Waals surface area contributed by atoms with Crippen LogP contribution in [0.2, 0.25) is 0 Å². The summed E-state index contributed by atoms with van der Waals surface area (Å²) in [5.41, 5.74) is 10.4. The molecular weight excluding hydrogens is 252 g/mol. The number of benzene rings is 2. The first-order valence-corrected chi connectivity index (χ1v) is 7.24. The van der Waals surface area contributed by atoms with E-state index in [1.165, 1.54) is 21.4 Å².